The Hall–Kier alpha value is -1.42. The van der Waals surface area contributed by atoms with E-state index in [9.17, 15) is 0 Å². The molecule has 3 rings (SSSR count). The second-order valence-corrected chi connectivity index (χ2v) is 4.40. The van der Waals surface area contributed by atoms with Gasteiger partial charge in [-0.1, -0.05) is 17.3 Å². The van der Waals surface area contributed by atoms with Crippen LogP contribution >= 0.6 is 0 Å². The zero-order valence-corrected chi connectivity index (χ0v) is 9.50. The van der Waals surface area contributed by atoms with Gasteiger partial charge in [-0.2, -0.15) is 0 Å². The summed E-state index contributed by atoms with van der Waals surface area (Å²) in [6, 6.07) is 8.14. The lowest BCUT2D eigenvalue weighted by molar-refractivity contribution is 0.182. The smallest absolute Gasteiger partial charge is 0.113 e. The topological polar surface area (TPSA) is 34.0 Å². The number of fused-ring (bicyclic) bond motifs is 1. The maximum atomic E-state index is 4.26. The van der Waals surface area contributed by atoms with Crippen molar-refractivity contribution in [2.24, 2.45) is 0 Å². The number of hydrogen-bond donors (Lipinski definition) is 0. The average molecular weight is 216 g/mol. The summed E-state index contributed by atoms with van der Waals surface area (Å²) in [5, 5.41) is 8.46. The fraction of sp³-hybridized carbons (Fsp3) is 0.500. The van der Waals surface area contributed by atoms with E-state index in [1.807, 2.05) is 22.9 Å². The first-order chi connectivity index (χ1) is 7.86. The molecule has 1 aromatic heterocycles. The molecular weight excluding hydrogens is 200 g/mol. The molecule has 1 atom stereocenters. The summed E-state index contributed by atoms with van der Waals surface area (Å²) in [5.41, 5.74) is 2.11. The van der Waals surface area contributed by atoms with Crippen LogP contribution in [-0.2, 0) is 0 Å². The van der Waals surface area contributed by atoms with E-state index >= 15 is 0 Å². The third-order valence-electron chi connectivity index (χ3n) is 3.40. The lowest BCUT2D eigenvalue weighted by Gasteiger charge is -2.23. The van der Waals surface area contributed by atoms with Crippen molar-refractivity contribution < 1.29 is 0 Å². The molecule has 84 valence electrons. The van der Waals surface area contributed by atoms with Crippen LogP contribution in [-0.4, -0.2) is 33.0 Å². The van der Waals surface area contributed by atoms with Crippen molar-refractivity contribution in [2.45, 2.75) is 25.9 Å². The molecule has 2 aromatic rings. The maximum Gasteiger partial charge on any atom is 0.113 e. The van der Waals surface area contributed by atoms with Gasteiger partial charge in [0.05, 0.1) is 5.52 Å². The van der Waals surface area contributed by atoms with E-state index in [1.165, 1.54) is 25.9 Å². The minimum absolute atomic E-state index is 0.315. The normalized spacial score (nSPS) is 19.3. The zero-order valence-electron chi connectivity index (χ0n) is 9.50. The standard InChI is InChI=1S/C12H16N4/c1-10(15-8-4-5-9-15)16-12-7-3-2-6-11(12)13-14-16/h2-3,6-7,10H,4-5,8-9H2,1H3. The van der Waals surface area contributed by atoms with Crippen LogP contribution in [0.15, 0.2) is 24.3 Å². The fourth-order valence-electron chi connectivity index (χ4n) is 2.43. The molecular formula is C12H16N4. The number of rotatable bonds is 2. The summed E-state index contributed by atoms with van der Waals surface area (Å²) in [6.45, 7) is 4.55. The molecule has 0 N–H and O–H groups in total. The molecule has 0 spiro atoms. The molecule has 2 heterocycles. The fourth-order valence-corrected chi connectivity index (χ4v) is 2.43. The molecule has 1 fully saturated rings. The van der Waals surface area contributed by atoms with Gasteiger partial charge in [0.2, 0.25) is 0 Å². The van der Waals surface area contributed by atoms with Gasteiger partial charge in [-0.3, -0.25) is 4.90 Å². The predicted molar refractivity (Wildman–Crippen MR) is 63.0 cm³/mol. The predicted octanol–water partition coefficient (Wildman–Crippen LogP) is 2.05. The molecule has 1 aliphatic rings. The molecule has 16 heavy (non-hydrogen) atoms. The zero-order chi connectivity index (χ0) is 11.0. The van der Waals surface area contributed by atoms with E-state index in [0.717, 1.165) is 11.0 Å². The van der Waals surface area contributed by atoms with Crippen LogP contribution < -0.4 is 0 Å². The van der Waals surface area contributed by atoms with Crippen molar-refractivity contribution >= 4 is 11.0 Å². The number of aromatic nitrogens is 3. The highest BCUT2D eigenvalue weighted by Gasteiger charge is 2.21. The first-order valence-corrected chi connectivity index (χ1v) is 5.90. The summed E-state index contributed by atoms with van der Waals surface area (Å²) in [7, 11) is 0. The highest BCUT2D eigenvalue weighted by Crippen LogP contribution is 2.21. The second kappa shape index (κ2) is 3.87. The summed E-state index contributed by atoms with van der Waals surface area (Å²) >= 11 is 0. The van der Waals surface area contributed by atoms with Crippen molar-refractivity contribution in [3.63, 3.8) is 0 Å². The molecule has 0 aliphatic carbocycles. The summed E-state index contributed by atoms with van der Waals surface area (Å²) in [4.78, 5) is 2.46. The van der Waals surface area contributed by atoms with Crippen LogP contribution in [0, 0.1) is 0 Å². The van der Waals surface area contributed by atoms with Crippen LogP contribution in [0.2, 0.25) is 0 Å². The monoisotopic (exact) mass is 216 g/mol. The Bertz CT molecular complexity index is 484. The Morgan fingerprint density at radius 1 is 1.19 bits per heavy atom. The molecule has 0 bridgehead atoms. The minimum Gasteiger partial charge on any atom is -0.282 e. The van der Waals surface area contributed by atoms with Gasteiger partial charge in [0.15, 0.2) is 0 Å². The Kier molecular flexibility index (Phi) is 2.36. The van der Waals surface area contributed by atoms with Gasteiger partial charge in [-0.15, -0.1) is 5.10 Å². The van der Waals surface area contributed by atoms with E-state index in [1.54, 1.807) is 0 Å². The molecule has 0 radical (unpaired) electrons. The van der Waals surface area contributed by atoms with E-state index in [4.69, 9.17) is 0 Å². The highest BCUT2D eigenvalue weighted by molar-refractivity contribution is 5.73. The largest absolute Gasteiger partial charge is 0.282 e. The van der Waals surface area contributed by atoms with Gasteiger partial charge in [0, 0.05) is 13.1 Å². The molecule has 0 saturated carbocycles. The van der Waals surface area contributed by atoms with Gasteiger partial charge in [-0.25, -0.2) is 4.68 Å². The Balaban J connectivity index is 1.98. The van der Waals surface area contributed by atoms with E-state index in [-0.39, 0.29) is 0 Å². The molecule has 4 heteroatoms. The van der Waals surface area contributed by atoms with Crippen LogP contribution in [0.5, 0.6) is 0 Å². The number of benzene rings is 1. The van der Waals surface area contributed by atoms with Crippen molar-refractivity contribution in [2.75, 3.05) is 13.1 Å². The molecule has 0 amide bonds. The van der Waals surface area contributed by atoms with Crippen LogP contribution in [0.1, 0.15) is 25.9 Å². The number of nitrogens with zero attached hydrogens (tertiary/aromatic N) is 4. The van der Waals surface area contributed by atoms with Crippen LogP contribution in [0.3, 0.4) is 0 Å². The lowest BCUT2D eigenvalue weighted by Crippen LogP contribution is -2.28. The molecule has 4 nitrogen and oxygen atoms in total. The van der Waals surface area contributed by atoms with E-state index in [2.05, 4.69) is 28.2 Å². The number of hydrogen-bond acceptors (Lipinski definition) is 3. The summed E-state index contributed by atoms with van der Waals surface area (Å²) < 4.78 is 2.03. The number of para-hydroxylation sites is 1. The van der Waals surface area contributed by atoms with Gasteiger partial charge in [0.1, 0.15) is 11.7 Å². The van der Waals surface area contributed by atoms with Gasteiger partial charge in [-0.05, 0) is 31.9 Å². The minimum atomic E-state index is 0.315. The van der Waals surface area contributed by atoms with Crippen molar-refractivity contribution in [3.8, 4) is 0 Å². The second-order valence-electron chi connectivity index (χ2n) is 4.40. The highest BCUT2D eigenvalue weighted by atomic mass is 15.5. The van der Waals surface area contributed by atoms with Crippen molar-refractivity contribution in [1.82, 2.24) is 19.9 Å². The van der Waals surface area contributed by atoms with Crippen LogP contribution in [0.25, 0.3) is 11.0 Å². The Labute approximate surface area is 94.9 Å². The van der Waals surface area contributed by atoms with Crippen molar-refractivity contribution in [1.29, 1.82) is 0 Å². The Morgan fingerprint density at radius 3 is 2.75 bits per heavy atom. The molecule has 1 aromatic carbocycles. The average Bonchev–Trinajstić information content (AvgIpc) is 2.98. The summed E-state index contributed by atoms with van der Waals surface area (Å²) in [6.07, 6.45) is 2.92. The van der Waals surface area contributed by atoms with Gasteiger partial charge < -0.3 is 0 Å². The Morgan fingerprint density at radius 2 is 1.94 bits per heavy atom. The van der Waals surface area contributed by atoms with Crippen molar-refractivity contribution in [3.05, 3.63) is 24.3 Å². The third kappa shape index (κ3) is 1.50. The first kappa shape index (κ1) is 9.78. The van der Waals surface area contributed by atoms with E-state index in [0.29, 0.717) is 6.17 Å². The van der Waals surface area contributed by atoms with Gasteiger partial charge in [0.25, 0.3) is 0 Å². The number of likely N-dealkylation sites (tertiary alicyclic amines) is 1. The molecule has 1 saturated heterocycles. The maximum absolute atomic E-state index is 4.26. The molecule has 1 aliphatic heterocycles. The SMILES string of the molecule is CC(N1CCCC1)n1nnc2ccccc21. The van der Waals surface area contributed by atoms with Gasteiger partial charge >= 0.3 is 0 Å². The summed E-state index contributed by atoms with van der Waals surface area (Å²) in [5.74, 6) is 0. The van der Waals surface area contributed by atoms with E-state index < -0.39 is 0 Å². The quantitative estimate of drug-likeness (QED) is 0.770. The molecule has 1 unspecified atom stereocenters. The van der Waals surface area contributed by atoms with Crippen LogP contribution in [0.4, 0.5) is 0 Å². The lowest BCUT2D eigenvalue weighted by atomic mass is 10.3. The first-order valence-electron chi connectivity index (χ1n) is 5.90. The third-order valence-corrected chi connectivity index (χ3v) is 3.40.